The van der Waals surface area contributed by atoms with E-state index < -0.39 is 0 Å². The third-order valence-electron chi connectivity index (χ3n) is 3.94. The Hall–Kier alpha value is -3.05. The van der Waals surface area contributed by atoms with Crippen LogP contribution in [0, 0.1) is 0 Å². The highest BCUT2D eigenvalue weighted by Gasteiger charge is 2.03. The van der Waals surface area contributed by atoms with Gasteiger partial charge in [-0.15, -0.1) is 11.8 Å². The lowest BCUT2D eigenvalue weighted by Crippen LogP contribution is -2.19. The van der Waals surface area contributed by atoms with E-state index in [0.29, 0.717) is 5.75 Å². The Morgan fingerprint density at radius 3 is 2.19 bits per heavy atom. The molecule has 0 radical (unpaired) electrons. The van der Waals surface area contributed by atoms with Gasteiger partial charge in [0.1, 0.15) is 0 Å². The number of thioether (sulfide) groups is 1. The molecule has 136 valence electrons. The van der Waals surface area contributed by atoms with Crippen LogP contribution >= 0.6 is 11.8 Å². The monoisotopic (exact) mass is 375 g/mol. The largest absolute Gasteiger partial charge is 0.345 e. The van der Waals surface area contributed by atoms with Crippen molar-refractivity contribution in [2.45, 2.75) is 4.90 Å². The normalized spacial score (nSPS) is 10.7. The lowest BCUT2D eigenvalue weighted by Gasteiger charge is -2.19. The summed E-state index contributed by atoms with van der Waals surface area (Å²) in [7, 11) is 2.03. The molecular formula is C22H21N3OS. The number of carbonyl (C=O) groups excluding carboxylic acids is 1. The van der Waals surface area contributed by atoms with E-state index in [0.717, 1.165) is 21.8 Å². The van der Waals surface area contributed by atoms with Crippen molar-refractivity contribution in [1.82, 2.24) is 5.43 Å². The Kier molecular flexibility index (Phi) is 6.66. The van der Waals surface area contributed by atoms with Crippen LogP contribution in [-0.4, -0.2) is 24.9 Å². The first-order valence-corrected chi connectivity index (χ1v) is 9.59. The van der Waals surface area contributed by atoms with Crippen molar-refractivity contribution < 1.29 is 4.79 Å². The number of hydrazone groups is 1. The summed E-state index contributed by atoms with van der Waals surface area (Å²) in [6.45, 7) is 0. The van der Waals surface area contributed by atoms with Crippen molar-refractivity contribution in [2.75, 3.05) is 17.7 Å². The van der Waals surface area contributed by atoms with Gasteiger partial charge < -0.3 is 4.90 Å². The molecule has 3 rings (SSSR count). The third kappa shape index (κ3) is 5.72. The quantitative estimate of drug-likeness (QED) is 0.370. The maximum Gasteiger partial charge on any atom is 0.250 e. The number of carbonyl (C=O) groups is 1. The summed E-state index contributed by atoms with van der Waals surface area (Å²) < 4.78 is 0. The molecule has 1 N–H and O–H groups in total. The number of anilines is 2. The van der Waals surface area contributed by atoms with Gasteiger partial charge in [0.25, 0.3) is 0 Å². The SMILES string of the molecule is CN(c1ccccc1)c1ccc(/C=N/NC(=O)CSc2ccccc2)cc1. The van der Waals surface area contributed by atoms with Gasteiger partial charge in [0.15, 0.2) is 0 Å². The zero-order valence-electron chi connectivity index (χ0n) is 15.1. The van der Waals surface area contributed by atoms with E-state index in [1.165, 1.54) is 11.8 Å². The number of rotatable bonds is 7. The maximum absolute atomic E-state index is 11.9. The number of hydrogen-bond donors (Lipinski definition) is 1. The van der Waals surface area contributed by atoms with Crippen LogP contribution in [0.5, 0.6) is 0 Å². The maximum atomic E-state index is 11.9. The van der Waals surface area contributed by atoms with Crippen molar-refractivity contribution in [1.29, 1.82) is 0 Å². The van der Waals surface area contributed by atoms with Gasteiger partial charge in [-0.25, -0.2) is 5.43 Å². The number of nitrogens with zero attached hydrogens (tertiary/aromatic N) is 2. The van der Waals surface area contributed by atoms with Gasteiger partial charge in [-0.2, -0.15) is 5.10 Å². The van der Waals surface area contributed by atoms with Gasteiger partial charge in [-0.3, -0.25) is 4.79 Å². The molecule has 0 saturated heterocycles. The molecule has 5 heteroatoms. The standard InChI is InChI=1S/C22H21N3OS/c1-25(19-8-4-2-5-9-19)20-14-12-18(13-15-20)16-23-24-22(26)17-27-21-10-6-3-7-11-21/h2-16H,17H2,1H3,(H,24,26)/b23-16+. The minimum atomic E-state index is -0.125. The van der Waals surface area contributed by atoms with Crippen LogP contribution in [0.1, 0.15) is 5.56 Å². The molecule has 0 aliphatic heterocycles. The number of nitrogens with one attached hydrogen (secondary N) is 1. The van der Waals surface area contributed by atoms with Gasteiger partial charge in [0, 0.05) is 23.3 Å². The second-order valence-corrected chi connectivity index (χ2v) is 6.93. The summed E-state index contributed by atoms with van der Waals surface area (Å²) in [5.74, 6) is 0.211. The minimum absolute atomic E-state index is 0.125. The molecule has 0 fully saturated rings. The molecule has 0 aromatic heterocycles. The first-order chi connectivity index (χ1) is 13.2. The second-order valence-electron chi connectivity index (χ2n) is 5.88. The molecule has 0 aliphatic rings. The second kappa shape index (κ2) is 9.59. The molecule has 0 atom stereocenters. The van der Waals surface area contributed by atoms with Crippen molar-refractivity contribution in [3.05, 3.63) is 90.5 Å². The number of amides is 1. The van der Waals surface area contributed by atoms with Crippen LogP contribution in [0.3, 0.4) is 0 Å². The first kappa shape index (κ1) is 18.7. The van der Waals surface area contributed by atoms with E-state index in [1.807, 2.05) is 79.8 Å². The highest BCUT2D eigenvalue weighted by molar-refractivity contribution is 8.00. The number of para-hydroxylation sites is 1. The molecule has 3 aromatic rings. The Labute approximate surface area is 163 Å². The molecule has 4 nitrogen and oxygen atoms in total. The van der Waals surface area contributed by atoms with Gasteiger partial charge in [-0.1, -0.05) is 48.5 Å². The molecular weight excluding hydrogens is 354 g/mol. The molecule has 0 saturated carbocycles. The van der Waals surface area contributed by atoms with E-state index in [1.54, 1.807) is 6.21 Å². The first-order valence-electron chi connectivity index (χ1n) is 8.61. The van der Waals surface area contributed by atoms with Crippen molar-refractivity contribution in [2.24, 2.45) is 5.10 Å². The van der Waals surface area contributed by atoms with Crippen LogP contribution in [0.15, 0.2) is 94.9 Å². The summed E-state index contributed by atoms with van der Waals surface area (Å²) in [4.78, 5) is 15.0. The van der Waals surface area contributed by atoms with Crippen molar-refractivity contribution >= 4 is 35.3 Å². The molecule has 1 amide bonds. The molecule has 0 spiro atoms. The fourth-order valence-corrected chi connectivity index (χ4v) is 3.17. The number of benzene rings is 3. The van der Waals surface area contributed by atoms with Gasteiger partial charge in [0.2, 0.25) is 5.91 Å². The summed E-state index contributed by atoms with van der Waals surface area (Å²) in [6, 6.07) is 28.0. The highest BCUT2D eigenvalue weighted by atomic mass is 32.2. The Bertz CT molecular complexity index is 880. The zero-order valence-corrected chi connectivity index (χ0v) is 15.9. The van der Waals surface area contributed by atoms with Crippen molar-refractivity contribution in [3.63, 3.8) is 0 Å². The average molecular weight is 375 g/mol. The summed E-state index contributed by atoms with van der Waals surface area (Å²) in [6.07, 6.45) is 1.65. The topological polar surface area (TPSA) is 44.7 Å². The van der Waals surface area contributed by atoms with Crippen LogP contribution in [0.4, 0.5) is 11.4 Å². The Morgan fingerprint density at radius 2 is 1.52 bits per heavy atom. The third-order valence-corrected chi connectivity index (χ3v) is 4.95. The van der Waals surface area contributed by atoms with Crippen LogP contribution in [-0.2, 0) is 4.79 Å². The van der Waals surface area contributed by atoms with E-state index in [2.05, 4.69) is 27.6 Å². The average Bonchev–Trinajstić information content (AvgIpc) is 2.74. The van der Waals surface area contributed by atoms with Gasteiger partial charge >= 0.3 is 0 Å². The zero-order chi connectivity index (χ0) is 18.9. The Balaban J connectivity index is 1.50. The van der Waals surface area contributed by atoms with Gasteiger partial charge in [0.05, 0.1) is 12.0 Å². The molecule has 3 aromatic carbocycles. The molecule has 0 aliphatic carbocycles. The molecule has 27 heavy (non-hydrogen) atoms. The van der Waals surface area contributed by atoms with E-state index in [-0.39, 0.29) is 5.91 Å². The van der Waals surface area contributed by atoms with Crippen LogP contribution < -0.4 is 10.3 Å². The predicted molar refractivity (Wildman–Crippen MR) is 114 cm³/mol. The minimum Gasteiger partial charge on any atom is -0.345 e. The van der Waals surface area contributed by atoms with Crippen LogP contribution in [0.2, 0.25) is 0 Å². The molecule has 0 bridgehead atoms. The highest BCUT2D eigenvalue weighted by Crippen LogP contribution is 2.23. The van der Waals surface area contributed by atoms with Crippen molar-refractivity contribution in [3.8, 4) is 0 Å². The lowest BCUT2D eigenvalue weighted by atomic mass is 10.2. The summed E-state index contributed by atoms with van der Waals surface area (Å²) in [5.41, 5.74) is 5.70. The Morgan fingerprint density at radius 1 is 0.926 bits per heavy atom. The summed E-state index contributed by atoms with van der Waals surface area (Å²) in [5, 5.41) is 4.04. The van der Waals surface area contributed by atoms with E-state index in [4.69, 9.17) is 0 Å². The fourth-order valence-electron chi connectivity index (χ4n) is 2.46. The predicted octanol–water partition coefficient (Wildman–Crippen LogP) is 4.70. The van der Waals surface area contributed by atoms with E-state index >= 15 is 0 Å². The fraction of sp³-hybridized carbons (Fsp3) is 0.0909. The van der Waals surface area contributed by atoms with Gasteiger partial charge in [-0.05, 0) is 42.0 Å². The number of hydrogen-bond acceptors (Lipinski definition) is 4. The smallest absolute Gasteiger partial charge is 0.250 e. The molecule has 0 unspecified atom stereocenters. The van der Waals surface area contributed by atoms with Crippen LogP contribution in [0.25, 0.3) is 0 Å². The lowest BCUT2D eigenvalue weighted by molar-refractivity contribution is -0.118. The summed E-state index contributed by atoms with van der Waals surface area (Å²) >= 11 is 1.49. The van der Waals surface area contributed by atoms with E-state index in [9.17, 15) is 4.79 Å². The molecule has 0 heterocycles.